The average molecular weight is 389 g/mol. The van der Waals surface area contributed by atoms with E-state index < -0.39 is 0 Å². The van der Waals surface area contributed by atoms with Crippen molar-refractivity contribution in [3.8, 4) is 0 Å². The molecule has 2 amide bonds. The van der Waals surface area contributed by atoms with Crippen LogP contribution in [0, 0.1) is 0 Å². The van der Waals surface area contributed by atoms with Crippen molar-refractivity contribution in [3.05, 3.63) is 70.1 Å². The smallest absolute Gasteiger partial charge is 0.285 e. The second-order valence-electron chi connectivity index (χ2n) is 5.05. The highest BCUT2D eigenvalue weighted by atomic mass is 35.5. The van der Waals surface area contributed by atoms with Crippen molar-refractivity contribution in [2.45, 2.75) is 0 Å². The van der Waals surface area contributed by atoms with Crippen LogP contribution in [0.1, 0.15) is 5.56 Å². The van der Waals surface area contributed by atoms with Gasteiger partial charge in [-0.3, -0.25) is 9.59 Å². The molecule has 1 aliphatic heterocycles. The molecule has 1 heterocycles. The van der Waals surface area contributed by atoms with Crippen molar-refractivity contribution in [1.82, 2.24) is 0 Å². The van der Waals surface area contributed by atoms with E-state index in [1.54, 1.807) is 30.3 Å². The number of nitrogens with zero attached hydrogens (tertiary/aromatic N) is 1. The third-order valence-corrected chi connectivity index (χ3v) is 5.50. The number of carbonyl (C=O) groups excluding carboxylic acids is 2. The normalized spacial score (nSPS) is 15.3. The van der Waals surface area contributed by atoms with Crippen LogP contribution in [0.25, 0.3) is 6.08 Å². The molecule has 25 heavy (non-hydrogen) atoms. The van der Waals surface area contributed by atoms with Crippen molar-refractivity contribution < 1.29 is 9.59 Å². The third kappa shape index (κ3) is 5.22. The quantitative estimate of drug-likeness (QED) is 0.772. The molecule has 0 aliphatic carbocycles. The van der Waals surface area contributed by atoms with Gasteiger partial charge >= 0.3 is 0 Å². The minimum atomic E-state index is -0.272. The fourth-order valence-corrected chi connectivity index (χ4v) is 4.03. The maximum atomic E-state index is 12.0. The van der Waals surface area contributed by atoms with E-state index in [-0.39, 0.29) is 17.6 Å². The zero-order chi connectivity index (χ0) is 17.6. The number of nitrogens with one attached hydrogen (secondary N) is 1. The van der Waals surface area contributed by atoms with Crippen molar-refractivity contribution in [2.24, 2.45) is 4.99 Å². The molecule has 1 aliphatic rings. The van der Waals surface area contributed by atoms with E-state index in [0.29, 0.717) is 20.0 Å². The van der Waals surface area contributed by atoms with Crippen LogP contribution in [-0.2, 0) is 9.59 Å². The van der Waals surface area contributed by atoms with Crippen LogP contribution in [0.15, 0.2) is 64.5 Å². The third-order valence-electron chi connectivity index (χ3n) is 3.13. The molecule has 0 fully saturated rings. The van der Waals surface area contributed by atoms with E-state index in [2.05, 4.69) is 10.3 Å². The standard InChI is InChI=1S/C18H13ClN2O2S2/c19-13-7-4-8-14(10-13)20-16(22)11-24-18-21-17(23)15(25-18)9-12-5-2-1-3-6-12/h1-10H,11H2,(H,20,22)/b15-9-. The van der Waals surface area contributed by atoms with Gasteiger partial charge < -0.3 is 5.32 Å². The summed E-state index contributed by atoms with van der Waals surface area (Å²) in [6, 6.07) is 16.5. The number of anilines is 1. The van der Waals surface area contributed by atoms with Crippen molar-refractivity contribution in [1.29, 1.82) is 0 Å². The van der Waals surface area contributed by atoms with E-state index in [1.807, 2.05) is 30.3 Å². The minimum absolute atomic E-state index is 0.171. The van der Waals surface area contributed by atoms with Gasteiger partial charge in [-0.1, -0.05) is 71.5 Å². The summed E-state index contributed by atoms with van der Waals surface area (Å²) in [5.74, 6) is -0.278. The summed E-state index contributed by atoms with van der Waals surface area (Å²) >= 11 is 8.41. The Labute approximate surface area is 158 Å². The lowest BCUT2D eigenvalue weighted by molar-refractivity contribution is -0.114. The maximum absolute atomic E-state index is 12.0. The SMILES string of the molecule is O=C(CSC1=NC(=O)/C(=C/c2ccccc2)S1)Nc1cccc(Cl)c1. The van der Waals surface area contributed by atoms with Gasteiger partial charge in [0.2, 0.25) is 5.91 Å². The van der Waals surface area contributed by atoms with Gasteiger partial charge in [-0.25, -0.2) is 0 Å². The van der Waals surface area contributed by atoms with Crippen molar-refractivity contribution >= 4 is 63.1 Å². The predicted molar refractivity (Wildman–Crippen MR) is 107 cm³/mol. The molecule has 0 bridgehead atoms. The molecule has 2 aromatic rings. The first-order chi connectivity index (χ1) is 12.1. The first kappa shape index (κ1) is 17.8. The molecule has 2 aromatic carbocycles. The van der Waals surface area contributed by atoms with Gasteiger partial charge in [0.15, 0.2) is 0 Å². The van der Waals surface area contributed by atoms with Crippen molar-refractivity contribution in [3.63, 3.8) is 0 Å². The summed E-state index contributed by atoms with van der Waals surface area (Å²) in [4.78, 5) is 28.5. The number of amides is 2. The predicted octanol–water partition coefficient (Wildman–Crippen LogP) is 4.68. The molecule has 1 N–H and O–H groups in total. The molecule has 4 nitrogen and oxygen atoms in total. The lowest BCUT2D eigenvalue weighted by Gasteiger charge is -2.04. The Morgan fingerprint density at radius 1 is 1.20 bits per heavy atom. The van der Waals surface area contributed by atoms with Crippen LogP contribution in [0.2, 0.25) is 5.02 Å². The summed E-state index contributed by atoms with van der Waals surface area (Å²) in [5.41, 5.74) is 1.58. The first-order valence-corrected chi connectivity index (χ1v) is 9.54. The number of halogens is 1. The Morgan fingerprint density at radius 2 is 2.00 bits per heavy atom. The number of thioether (sulfide) groups is 2. The molecule has 126 valence electrons. The zero-order valence-corrected chi connectivity index (χ0v) is 15.3. The fourth-order valence-electron chi connectivity index (χ4n) is 2.04. The molecular formula is C18H13ClN2O2S2. The molecule has 0 saturated heterocycles. The van der Waals surface area contributed by atoms with Gasteiger partial charge in [-0.05, 0) is 29.8 Å². The van der Waals surface area contributed by atoms with E-state index in [1.165, 1.54) is 23.5 Å². The number of aliphatic imine (C=N–C) groups is 1. The molecular weight excluding hydrogens is 376 g/mol. The van der Waals surface area contributed by atoms with Gasteiger partial charge in [0.25, 0.3) is 5.91 Å². The number of hydrogen-bond donors (Lipinski definition) is 1. The lowest BCUT2D eigenvalue weighted by atomic mass is 10.2. The number of carbonyl (C=O) groups is 2. The number of hydrogen-bond acceptors (Lipinski definition) is 4. The first-order valence-electron chi connectivity index (χ1n) is 7.36. The topological polar surface area (TPSA) is 58.5 Å². The summed E-state index contributed by atoms with van der Waals surface area (Å²) in [6.45, 7) is 0. The van der Waals surface area contributed by atoms with Crippen LogP contribution < -0.4 is 5.32 Å². The molecule has 0 aromatic heterocycles. The molecule has 0 spiro atoms. The highest BCUT2D eigenvalue weighted by Gasteiger charge is 2.22. The Kier molecular flexibility index (Phi) is 5.96. The monoisotopic (exact) mass is 388 g/mol. The van der Waals surface area contributed by atoms with Gasteiger partial charge in [-0.2, -0.15) is 4.99 Å². The highest BCUT2D eigenvalue weighted by Crippen LogP contribution is 2.33. The fraction of sp³-hybridized carbons (Fsp3) is 0.0556. The summed E-state index contributed by atoms with van der Waals surface area (Å²) < 4.78 is 0.577. The second-order valence-corrected chi connectivity index (χ2v) is 7.74. The summed E-state index contributed by atoms with van der Waals surface area (Å²) in [6.07, 6.45) is 1.80. The molecule has 0 atom stereocenters. The van der Waals surface area contributed by atoms with Gasteiger partial charge in [-0.15, -0.1) is 0 Å². The van der Waals surface area contributed by atoms with Crippen LogP contribution >= 0.6 is 35.1 Å². The molecule has 7 heteroatoms. The Bertz CT molecular complexity index is 866. The maximum Gasteiger partial charge on any atom is 0.285 e. The highest BCUT2D eigenvalue weighted by molar-refractivity contribution is 8.41. The second kappa shape index (κ2) is 8.38. The number of rotatable bonds is 4. The van der Waals surface area contributed by atoms with Crippen molar-refractivity contribution in [2.75, 3.05) is 11.1 Å². The van der Waals surface area contributed by atoms with E-state index in [4.69, 9.17) is 11.6 Å². The molecule has 3 rings (SSSR count). The average Bonchev–Trinajstić information content (AvgIpc) is 2.94. The lowest BCUT2D eigenvalue weighted by Crippen LogP contribution is -2.14. The molecule has 0 radical (unpaired) electrons. The van der Waals surface area contributed by atoms with Crippen LogP contribution in [-0.4, -0.2) is 21.9 Å². The molecule has 0 saturated carbocycles. The van der Waals surface area contributed by atoms with Gasteiger partial charge in [0.1, 0.15) is 4.38 Å². The van der Waals surface area contributed by atoms with Gasteiger partial charge in [0, 0.05) is 10.7 Å². The van der Waals surface area contributed by atoms with E-state index in [0.717, 1.165) is 5.56 Å². The Hall–Kier alpha value is -2.02. The number of benzene rings is 2. The zero-order valence-electron chi connectivity index (χ0n) is 12.9. The minimum Gasteiger partial charge on any atom is -0.325 e. The van der Waals surface area contributed by atoms with E-state index >= 15 is 0 Å². The van der Waals surface area contributed by atoms with Crippen LogP contribution in [0.5, 0.6) is 0 Å². The molecule has 0 unspecified atom stereocenters. The van der Waals surface area contributed by atoms with Crippen LogP contribution in [0.3, 0.4) is 0 Å². The summed E-state index contributed by atoms with van der Waals surface area (Å²) in [7, 11) is 0. The Morgan fingerprint density at radius 3 is 2.76 bits per heavy atom. The largest absolute Gasteiger partial charge is 0.325 e. The van der Waals surface area contributed by atoms with Crippen LogP contribution in [0.4, 0.5) is 5.69 Å². The summed E-state index contributed by atoms with van der Waals surface area (Å²) in [5, 5.41) is 3.32. The Balaban J connectivity index is 1.54. The van der Waals surface area contributed by atoms with Gasteiger partial charge in [0.05, 0.1) is 10.7 Å². The van der Waals surface area contributed by atoms with E-state index in [9.17, 15) is 9.59 Å².